The van der Waals surface area contributed by atoms with Crippen molar-refractivity contribution >= 4 is 49.5 Å². The number of nitrogens with zero attached hydrogens (tertiary/aromatic N) is 3. The van der Waals surface area contributed by atoms with Crippen molar-refractivity contribution in [3.05, 3.63) is 140 Å². The van der Waals surface area contributed by atoms with Gasteiger partial charge in [-0.05, 0) is 46.5 Å². The summed E-state index contributed by atoms with van der Waals surface area (Å²) in [6.45, 7) is 0. The number of aromatic nitrogens is 2. The second-order valence-corrected chi connectivity index (χ2v) is 9.05. The molecule has 7 rings (SSSR count). The molecular formula is C34H23N3. The molecule has 0 unspecified atom stereocenters. The molecule has 174 valence electrons. The molecule has 3 heteroatoms. The first-order chi connectivity index (χ1) is 18.4. The Balaban J connectivity index is 1.66. The highest BCUT2D eigenvalue weighted by Gasteiger charge is 2.23. The van der Waals surface area contributed by atoms with E-state index in [1.165, 1.54) is 10.8 Å². The fourth-order valence-corrected chi connectivity index (χ4v) is 5.38. The zero-order chi connectivity index (χ0) is 24.6. The topological polar surface area (TPSA) is 29.0 Å². The molecule has 2 heterocycles. The molecule has 0 aliphatic rings. The molecule has 0 amide bonds. The van der Waals surface area contributed by atoms with Crippen molar-refractivity contribution in [2.24, 2.45) is 0 Å². The van der Waals surface area contributed by atoms with Crippen LogP contribution in [-0.2, 0) is 0 Å². The molecule has 0 atom stereocenters. The highest BCUT2D eigenvalue weighted by molar-refractivity contribution is 6.22. The van der Waals surface area contributed by atoms with Gasteiger partial charge in [0.25, 0.3) is 0 Å². The van der Waals surface area contributed by atoms with E-state index in [-0.39, 0.29) is 0 Å². The summed E-state index contributed by atoms with van der Waals surface area (Å²) in [5.74, 6) is 0.875. The van der Waals surface area contributed by atoms with E-state index >= 15 is 0 Å². The third-order valence-corrected chi connectivity index (χ3v) is 6.93. The van der Waals surface area contributed by atoms with E-state index in [0.717, 1.165) is 50.0 Å². The molecule has 0 spiro atoms. The average molecular weight is 474 g/mol. The highest BCUT2D eigenvalue weighted by Crippen LogP contribution is 2.48. The van der Waals surface area contributed by atoms with Crippen LogP contribution in [0.5, 0.6) is 0 Å². The highest BCUT2D eigenvalue weighted by atomic mass is 15.2. The van der Waals surface area contributed by atoms with Gasteiger partial charge in [-0.15, -0.1) is 0 Å². The van der Waals surface area contributed by atoms with Crippen LogP contribution in [0.4, 0.5) is 17.2 Å². The molecule has 3 nitrogen and oxygen atoms in total. The molecule has 0 saturated heterocycles. The van der Waals surface area contributed by atoms with Crippen LogP contribution < -0.4 is 4.90 Å². The summed E-state index contributed by atoms with van der Waals surface area (Å²) in [5, 5.41) is 7.00. The van der Waals surface area contributed by atoms with Crippen LogP contribution in [0.25, 0.3) is 43.6 Å². The van der Waals surface area contributed by atoms with Crippen LogP contribution >= 0.6 is 0 Å². The lowest BCUT2D eigenvalue weighted by atomic mass is 9.91. The largest absolute Gasteiger partial charge is 0.293 e. The first kappa shape index (κ1) is 21.3. The van der Waals surface area contributed by atoms with Crippen molar-refractivity contribution in [3.8, 4) is 11.3 Å². The van der Waals surface area contributed by atoms with Crippen LogP contribution in [0.15, 0.2) is 140 Å². The Morgan fingerprint density at radius 3 is 1.65 bits per heavy atom. The Morgan fingerprint density at radius 1 is 0.432 bits per heavy atom. The summed E-state index contributed by atoms with van der Waals surface area (Å²) in [7, 11) is 0. The van der Waals surface area contributed by atoms with Gasteiger partial charge in [0.2, 0.25) is 0 Å². The van der Waals surface area contributed by atoms with Crippen LogP contribution in [0.2, 0.25) is 0 Å². The van der Waals surface area contributed by atoms with E-state index in [0.29, 0.717) is 0 Å². The van der Waals surface area contributed by atoms with E-state index in [4.69, 9.17) is 9.97 Å². The minimum Gasteiger partial charge on any atom is -0.293 e. The number of pyridine rings is 2. The SMILES string of the molecule is c1ccc(-c2c3ccccc3c(N(c3ccccn3)c3cccc4ccccc34)c3ccccc23)nc1. The maximum atomic E-state index is 4.85. The van der Waals surface area contributed by atoms with Crippen LogP contribution in [0, 0.1) is 0 Å². The van der Waals surface area contributed by atoms with Gasteiger partial charge in [-0.25, -0.2) is 4.98 Å². The quantitative estimate of drug-likeness (QED) is 0.239. The number of benzene rings is 5. The van der Waals surface area contributed by atoms with Crippen molar-refractivity contribution in [2.45, 2.75) is 0 Å². The van der Waals surface area contributed by atoms with Crippen LogP contribution in [-0.4, -0.2) is 9.97 Å². The summed E-state index contributed by atoms with van der Waals surface area (Å²) in [4.78, 5) is 11.9. The number of hydrogen-bond donors (Lipinski definition) is 0. The van der Waals surface area contributed by atoms with Crippen molar-refractivity contribution < 1.29 is 0 Å². The Labute approximate surface area is 215 Å². The first-order valence-corrected chi connectivity index (χ1v) is 12.4. The molecule has 0 N–H and O–H groups in total. The molecule has 0 saturated carbocycles. The lowest BCUT2D eigenvalue weighted by Gasteiger charge is -2.29. The zero-order valence-corrected chi connectivity index (χ0v) is 20.1. The van der Waals surface area contributed by atoms with Crippen molar-refractivity contribution in [1.82, 2.24) is 9.97 Å². The Morgan fingerprint density at radius 2 is 1.00 bits per heavy atom. The average Bonchev–Trinajstić information content (AvgIpc) is 2.98. The number of hydrogen-bond acceptors (Lipinski definition) is 3. The van der Waals surface area contributed by atoms with Crippen molar-refractivity contribution in [3.63, 3.8) is 0 Å². The lowest BCUT2D eigenvalue weighted by molar-refractivity contribution is 1.20. The molecule has 5 aromatic carbocycles. The van der Waals surface area contributed by atoms with Gasteiger partial charge in [0.05, 0.1) is 17.1 Å². The molecule has 7 aromatic rings. The maximum Gasteiger partial charge on any atom is 0.137 e. The van der Waals surface area contributed by atoms with Crippen molar-refractivity contribution in [1.29, 1.82) is 0 Å². The minimum absolute atomic E-state index is 0.875. The summed E-state index contributed by atoms with van der Waals surface area (Å²) < 4.78 is 0. The lowest BCUT2D eigenvalue weighted by Crippen LogP contribution is -2.13. The molecular weight excluding hydrogens is 450 g/mol. The summed E-state index contributed by atoms with van der Waals surface area (Å²) in [5.41, 5.74) is 4.32. The molecule has 37 heavy (non-hydrogen) atoms. The normalized spacial score (nSPS) is 11.2. The van der Waals surface area contributed by atoms with E-state index < -0.39 is 0 Å². The van der Waals surface area contributed by atoms with Gasteiger partial charge in [0, 0.05) is 34.1 Å². The Hall–Kier alpha value is -5.02. The zero-order valence-electron chi connectivity index (χ0n) is 20.1. The number of anilines is 3. The van der Waals surface area contributed by atoms with E-state index in [1.807, 2.05) is 30.6 Å². The van der Waals surface area contributed by atoms with Gasteiger partial charge in [-0.3, -0.25) is 9.88 Å². The molecule has 0 bridgehead atoms. The Kier molecular flexibility index (Phi) is 5.11. The second-order valence-electron chi connectivity index (χ2n) is 9.05. The van der Waals surface area contributed by atoms with Gasteiger partial charge in [0.1, 0.15) is 5.82 Å². The van der Waals surface area contributed by atoms with Gasteiger partial charge in [-0.1, -0.05) is 97.1 Å². The number of rotatable bonds is 4. The van der Waals surface area contributed by atoms with Gasteiger partial charge < -0.3 is 0 Å². The fourth-order valence-electron chi connectivity index (χ4n) is 5.38. The second kappa shape index (κ2) is 8.89. The smallest absolute Gasteiger partial charge is 0.137 e. The van der Waals surface area contributed by atoms with E-state index in [1.54, 1.807) is 0 Å². The standard InChI is InChI=1S/C34H23N3/c1-2-14-25-24(12-1)13-11-20-31(25)37(32-21-8-10-23-36-32)34-28-17-5-3-15-26(28)33(30-19-7-9-22-35-30)27-16-4-6-18-29(27)34/h1-23H. The fraction of sp³-hybridized carbons (Fsp3) is 0. The monoisotopic (exact) mass is 473 g/mol. The van der Waals surface area contributed by atoms with Gasteiger partial charge in [0.15, 0.2) is 0 Å². The minimum atomic E-state index is 0.875. The molecule has 0 radical (unpaired) electrons. The third kappa shape index (κ3) is 3.52. The van der Waals surface area contributed by atoms with E-state index in [2.05, 4.69) is 114 Å². The van der Waals surface area contributed by atoms with Gasteiger partial charge in [-0.2, -0.15) is 0 Å². The predicted molar refractivity (Wildman–Crippen MR) is 155 cm³/mol. The van der Waals surface area contributed by atoms with Crippen LogP contribution in [0.3, 0.4) is 0 Å². The third-order valence-electron chi connectivity index (χ3n) is 6.93. The number of fused-ring (bicyclic) bond motifs is 3. The van der Waals surface area contributed by atoms with E-state index in [9.17, 15) is 0 Å². The summed E-state index contributed by atoms with van der Waals surface area (Å²) >= 11 is 0. The van der Waals surface area contributed by atoms with Crippen molar-refractivity contribution in [2.75, 3.05) is 4.90 Å². The Bertz CT molecular complexity index is 1820. The maximum absolute atomic E-state index is 4.85. The summed E-state index contributed by atoms with van der Waals surface area (Å²) in [6.07, 6.45) is 3.73. The molecule has 2 aromatic heterocycles. The van der Waals surface area contributed by atoms with Gasteiger partial charge >= 0.3 is 0 Å². The molecule has 0 aliphatic carbocycles. The predicted octanol–water partition coefficient (Wildman–Crippen LogP) is 9.07. The molecule has 0 aliphatic heterocycles. The van der Waals surface area contributed by atoms with Crippen LogP contribution in [0.1, 0.15) is 0 Å². The summed E-state index contributed by atoms with van der Waals surface area (Å²) in [6, 6.07) is 44.5. The first-order valence-electron chi connectivity index (χ1n) is 12.4. The molecule has 0 fully saturated rings.